The minimum Gasteiger partial charge on any atom is -0.381 e. The number of aromatic nitrogens is 1. The van der Waals surface area contributed by atoms with Gasteiger partial charge in [0, 0.05) is 50.2 Å². The number of hydrogen-bond acceptors (Lipinski definition) is 5. The van der Waals surface area contributed by atoms with Crippen LogP contribution in [0.3, 0.4) is 0 Å². The van der Waals surface area contributed by atoms with Gasteiger partial charge in [-0.1, -0.05) is 18.2 Å². The maximum atomic E-state index is 12.7. The molecule has 1 unspecified atom stereocenters. The van der Waals surface area contributed by atoms with Crippen molar-refractivity contribution in [3.63, 3.8) is 0 Å². The fraction of sp³-hybridized carbons (Fsp3) is 0.375. The van der Waals surface area contributed by atoms with Gasteiger partial charge >= 0.3 is 6.03 Å². The number of anilines is 1. The molecule has 3 aliphatic rings. The predicted molar refractivity (Wildman–Crippen MR) is 117 cm³/mol. The minimum atomic E-state index is -0.155. The van der Waals surface area contributed by atoms with E-state index in [-0.39, 0.29) is 23.8 Å². The molecule has 160 valence electrons. The average Bonchev–Trinajstić information content (AvgIpc) is 3.49. The molecule has 4 heterocycles. The number of ether oxygens (including phenoxy) is 1. The molecule has 2 aromatic rings. The van der Waals surface area contributed by atoms with E-state index in [0.717, 1.165) is 34.4 Å². The van der Waals surface area contributed by atoms with Gasteiger partial charge in [-0.15, -0.1) is 0 Å². The third-order valence-electron chi connectivity index (χ3n) is 6.33. The lowest BCUT2D eigenvalue weighted by atomic mass is 9.88. The van der Waals surface area contributed by atoms with Crippen molar-refractivity contribution in [2.45, 2.75) is 32.0 Å². The quantitative estimate of drug-likeness (QED) is 0.798. The monoisotopic (exact) mass is 418 g/mol. The maximum Gasteiger partial charge on any atom is 0.322 e. The molecule has 3 aliphatic heterocycles. The van der Waals surface area contributed by atoms with Gasteiger partial charge in [-0.3, -0.25) is 9.78 Å². The number of fused-ring (bicyclic) bond motifs is 1. The van der Waals surface area contributed by atoms with Crippen LogP contribution in [0, 0.1) is 5.92 Å². The lowest BCUT2D eigenvalue weighted by Gasteiger charge is -2.25. The summed E-state index contributed by atoms with van der Waals surface area (Å²) in [6.45, 7) is 3.09. The van der Waals surface area contributed by atoms with E-state index in [9.17, 15) is 9.59 Å². The maximum absolute atomic E-state index is 12.7. The second-order valence-electron chi connectivity index (χ2n) is 8.37. The Bertz CT molecular complexity index is 987. The van der Waals surface area contributed by atoms with Crippen molar-refractivity contribution in [1.82, 2.24) is 15.2 Å². The summed E-state index contributed by atoms with van der Waals surface area (Å²) in [5.41, 5.74) is 5.25. The van der Waals surface area contributed by atoms with Crippen LogP contribution < -0.4 is 10.6 Å². The summed E-state index contributed by atoms with van der Waals surface area (Å²) in [6, 6.07) is 9.55. The van der Waals surface area contributed by atoms with E-state index in [1.165, 1.54) is 0 Å². The molecule has 31 heavy (non-hydrogen) atoms. The summed E-state index contributed by atoms with van der Waals surface area (Å²) in [5, 5.41) is 6.30. The Morgan fingerprint density at radius 3 is 2.74 bits per heavy atom. The number of nitrogens with zero attached hydrogens (tertiary/aromatic N) is 2. The molecule has 0 bridgehead atoms. The van der Waals surface area contributed by atoms with Crippen LogP contribution in [0.5, 0.6) is 0 Å². The Labute approximate surface area is 181 Å². The predicted octanol–water partition coefficient (Wildman–Crippen LogP) is 2.98. The summed E-state index contributed by atoms with van der Waals surface area (Å²) in [4.78, 5) is 31.3. The number of urea groups is 1. The van der Waals surface area contributed by atoms with E-state index < -0.39 is 0 Å². The van der Waals surface area contributed by atoms with Gasteiger partial charge < -0.3 is 20.3 Å². The zero-order valence-corrected chi connectivity index (χ0v) is 17.3. The van der Waals surface area contributed by atoms with Gasteiger partial charge in [-0.2, -0.15) is 0 Å². The molecule has 2 amide bonds. The van der Waals surface area contributed by atoms with Crippen LogP contribution in [-0.2, 0) is 22.6 Å². The molecule has 7 heteroatoms. The molecule has 0 aliphatic carbocycles. The summed E-state index contributed by atoms with van der Waals surface area (Å²) in [5.74, 6) is 0.274. The van der Waals surface area contributed by atoms with Crippen LogP contribution in [-0.4, -0.2) is 47.5 Å². The molecular formula is C24H26N4O3. The van der Waals surface area contributed by atoms with Crippen LogP contribution in [0.4, 0.5) is 10.5 Å². The largest absolute Gasteiger partial charge is 0.381 e. The highest BCUT2D eigenvalue weighted by molar-refractivity contribution is 5.91. The smallest absolute Gasteiger partial charge is 0.322 e. The number of Topliss-reactive ketones (excluding diaryl/α,β-unsaturated/α-hetero) is 1. The number of carbonyl (C=O) groups excluding carboxylic acids is 2. The van der Waals surface area contributed by atoms with Gasteiger partial charge in [0.05, 0.1) is 12.6 Å². The molecule has 1 aromatic heterocycles. The van der Waals surface area contributed by atoms with Crippen LogP contribution in [0.15, 0.2) is 48.8 Å². The Hall–Kier alpha value is -3.03. The van der Waals surface area contributed by atoms with E-state index in [1.54, 1.807) is 11.1 Å². The first-order valence-corrected chi connectivity index (χ1v) is 10.8. The van der Waals surface area contributed by atoms with Crippen LogP contribution >= 0.6 is 0 Å². The highest BCUT2D eigenvalue weighted by Crippen LogP contribution is 2.27. The molecule has 5 rings (SSSR count). The normalized spacial score (nSPS) is 22.7. The van der Waals surface area contributed by atoms with Crippen molar-refractivity contribution in [2.24, 2.45) is 5.92 Å². The molecule has 2 atom stereocenters. The average molecular weight is 418 g/mol. The Morgan fingerprint density at radius 1 is 1.13 bits per heavy atom. The number of hydrogen-bond donors (Lipinski definition) is 2. The Balaban J connectivity index is 1.20. The van der Waals surface area contributed by atoms with E-state index in [1.807, 2.05) is 36.5 Å². The number of benzene rings is 1. The Morgan fingerprint density at radius 2 is 1.97 bits per heavy atom. The van der Waals surface area contributed by atoms with Crippen molar-refractivity contribution < 1.29 is 14.3 Å². The second-order valence-corrected chi connectivity index (χ2v) is 8.37. The SMILES string of the molecule is O=C(C1CC(c2ccc(NC(=O)N3Cc4ccncc4C3)cc2)=CCN1)[C@@H]1CCOC1. The van der Waals surface area contributed by atoms with Crippen molar-refractivity contribution in [1.29, 1.82) is 0 Å². The topological polar surface area (TPSA) is 83.6 Å². The summed E-state index contributed by atoms with van der Waals surface area (Å²) in [6.07, 6.45) is 7.22. The van der Waals surface area contributed by atoms with Crippen LogP contribution in [0.1, 0.15) is 29.5 Å². The number of rotatable bonds is 4. The molecule has 1 fully saturated rings. The molecule has 1 saturated heterocycles. The first-order valence-electron chi connectivity index (χ1n) is 10.8. The number of amides is 2. The second kappa shape index (κ2) is 8.61. The van der Waals surface area contributed by atoms with E-state index in [2.05, 4.69) is 21.7 Å². The van der Waals surface area contributed by atoms with Gasteiger partial charge in [0.2, 0.25) is 0 Å². The highest BCUT2D eigenvalue weighted by atomic mass is 16.5. The van der Waals surface area contributed by atoms with E-state index >= 15 is 0 Å². The standard InChI is InChI=1S/C24H26N4O3/c29-23(19-7-10-31-15-19)22-11-17(6-9-26-22)16-1-3-21(4-2-16)27-24(30)28-13-18-5-8-25-12-20(18)14-28/h1-6,8,12,19,22,26H,7,9-11,13-15H2,(H,27,30)/t19-,22?/m1/s1. The molecule has 7 nitrogen and oxygen atoms in total. The fourth-order valence-electron chi connectivity index (χ4n) is 4.51. The number of carbonyl (C=O) groups is 2. The van der Waals surface area contributed by atoms with Crippen LogP contribution in [0.25, 0.3) is 5.57 Å². The van der Waals surface area contributed by atoms with E-state index in [4.69, 9.17) is 4.74 Å². The van der Waals surface area contributed by atoms with Gasteiger partial charge in [0.1, 0.15) is 0 Å². The molecular weight excluding hydrogens is 392 g/mol. The van der Waals surface area contributed by atoms with Gasteiger partial charge in [0.15, 0.2) is 5.78 Å². The van der Waals surface area contributed by atoms with Gasteiger partial charge in [-0.25, -0.2) is 4.79 Å². The van der Waals surface area contributed by atoms with Gasteiger partial charge in [0.25, 0.3) is 0 Å². The summed E-state index contributed by atoms with van der Waals surface area (Å²) in [7, 11) is 0. The summed E-state index contributed by atoms with van der Waals surface area (Å²) >= 11 is 0. The first-order chi connectivity index (χ1) is 15.2. The minimum absolute atomic E-state index is 0.0157. The lowest BCUT2D eigenvalue weighted by molar-refractivity contribution is -0.124. The Kier molecular flexibility index (Phi) is 5.53. The number of pyridine rings is 1. The van der Waals surface area contributed by atoms with E-state index in [0.29, 0.717) is 39.3 Å². The molecule has 0 radical (unpaired) electrons. The van der Waals surface area contributed by atoms with Crippen molar-refractivity contribution in [3.05, 3.63) is 65.5 Å². The lowest BCUT2D eigenvalue weighted by Crippen LogP contribution is -2.42. The molecule has 1 aromatic carbocycles. The molecule has 0 spiro atoms. The van der Waals surface area contributed by atoms with Crippen molar-refractivity contribution in [3.8, 4) is 0 Å². The number of nitrogens with one attached hydrogen (secondary N) is 2. The van der Waals surface area contributed by atoms with Crippen molar-refractivity contribution in [2.75, 3.05) is 25.1 Å². The zero-order chi connectivity index (χ0) is 21.2. The van der Waals surface area contributed by atoms with Crippen molar-refractivity contribution >= 4 is 23.1 Å². The first kappa shape index (κ1) is 19.9. The number of ketones is 1. The summed E-state index contributed by atoms with van der Waals surface area (Å²) < 4.78 is 5.38. The zero-order valence-electron chi connectivity index (χ0n) is 17.3. The van der Waals surface area contributed by atoms with Gasteiger partial charge in [-0.05, 0) is 53.3 Å². The molecule has 0 saturated carbocycles. The third-order valence-corrected chi connectivity index (χ3v) is 6.33. The van der Waals surface area contributed by atoms with Crippen LogP contribution in [0.2, 0.25) is 0 Å². The fourth-order valence-corrected chi connectivity index (χ4v) is 4.51. The molecule has 2 N–H and O–H groups in total. The highest BCUT2D eigenvalue weighted by Gasteiger charge is 2.31. The third kappa shape index (κ3) is 4.24.